The van der Waals surface area contributed by atoms with Crippen molar-refractivity contribution in [1.29, 1.82) is 0 Å². The van der Waals surface area contributed by atoms with Crippen LogP contribution in [0.3, 0.4) is 0 Å². The highest BCUT2D eigenvalue weighted by molar-refractivity contribution is 6.70. The van der Waals surface area contributed by atoms with Crippen molar-refractivity contribution in [2.45, 2.75) is 19.6 Å². The van der Waals surface area contributed by atoms with E-state index in [1.54, 1.807) is 6.08 Å². The molecule has 0 aromatic heterocycles. The highest BCUT2D eigenvalue weighted by atomic mass is 28.4. The maximum Gasteiger partial charge on any atom is 0.270 e. The van der Waals surface area contributed by atoms with Crippen LogP contribution in [-0.2, 0) is 4.43 Å². The van der Waals surface area contributed by atoms with Gasteiger partial charge in [0, 0.05) is 0 Å². The number of benzene rings is 1. The summed E-state index contributed by atoms with van der Waals surface area (Å²) in [5, 5.41) is 9.92. The first-order valence-corrected chi connectivity index (χ1v) is 8.65. The van der Waals surface area contributed by atoms with Crippen molar-refractivity contribution in [2.75, 3.05) is 0 Å². The molecule has 0 bridgehead atoms. The van der Waals surface area contributed by atoms with Gasteiger partial charge in [-0.05, 0) is 25.2 Å². The minimum Gasteiger partial charge on any atom is -0.519 e. The Kier molecular flexibility index (Phi) is 3.96. The summed E-state index contributed by atoms with van der Waals surface area (Å²) in [5.41, 5.74) is 1.55. The lowest BCUT2D eigenvalue weighted by Crippen LogP contribution is -2.25. The van der Waals surface area contributed by atoms with Gasteiger partial charge < -0.3 is 9.53 Å². The highest BCUT2D eigenvalue weighted by Gasteiger charge is 2.19. The third-order valence-corrected chi connectivity index (χ3v) is 2.73. The Morgan fingerprint density at radius 1 is 1.25 bits per heavy atom. The SMILES string of the molecule is C=CC(=C(O)O[Si](C)(C)C)c1ccccc1. The molecule has 3 heteroatoms. The summed E-state index contributed by atoms with van der Waals surface area (Å²) in [4.78, 5) is 0. The normalized spacial score (nSPS) is 12.9. The molecule has 0 spiro atoms. The lowest BCUT2D eigenvalue weighted by Gasteiger charge is -2.19. The molecule has 0 saturated carbocycles. The largest absolute Gasteiger partial charge is 0.519 e. The fraction of sp³-hybridized carbons (Fsp3) is 0.231. The van der Waals surface area contributed by atoms with Crippen molar-refractivity contribution in [3.05, 3.63) is 54.5 Å². The molecular weight excluding hydrogens is 216 g/mol. The molecule has 86 valence electrons. The van der Waals surface area contributed by atoms with Gasteiger partial charge in [-0.25, -0.2) is 0 Å². The van der Waals surface area contributed by atoms with Crippen LogP contribution in [0.25, 0.3) is 5.57 Å². The number of hydrogen-bond acceptors (Lipinski definition) is 2. The second-order valence-electron chi connectivity index (χ2n) is 4.50. The van der Waals surface area contributed by atoms with Crippen LogP contribution in [0.2, 0.25) is 19.6 Å². The fourth-order valence-corrected chi connectivity index (χ4v) is 1.98. The number of allylic oxidation sites excluding steroid dienone is 2. The van der Waals surface area contributed by atoms with Crippen molar-refractivity contribution in [2.24, 2.45) is 0 Å². The van der Waals surface area contributed by atoms with E-state index in [-0.39, 0.29) is 5.95 Å². The van der Waals surface area contributed by atoms with Crippen molar-refractivity contribution >= 4 is 13.9 Å². The van der Waals surface area contributed by atoms with Crippen LogP contribution in [0, 0.1) is 0 Å². The van der Waals surface area contributed by atoms with E-state index < -0.39 is 8.32 Å². The van der Waals surface area contributed by atoms with Crippen LogP contribution in [0.5, 0.6) is 0 Å². The van der Waals surface area contributed by atoms with Crippen molar-refractivity contribution < 1.29 is 9.53 Å². The zero-order valence-corrected chi connectivity index (χ0v) is 11.0. The number of aliphatic hydroxyl groups is 1. The molecular formula is C13H18O2Si. The van der Waals surface area contributed by atoms with E-state index in [0.717, 1.165) is 5.56 Å². The third kappa shape index (κ3) is 3.59. The molecule has 0 aliphatic rings. The predicted molar refractivity (Wildman–Crippen MR) is 70.6 cm³/mol. The van der Waals surface area contributed by atoms with Gasteiger partial charge in [0.2, 0.25) is 8.32 Å². The Hall–Kier alpha value is -1.48. The van der Waals surface area contributed by atoms with Crippen LogP contribution in [0.15, 0.2) is 48.9 Å². The second-order valence-corrected chi connectivity index (χ2v) is 8.93. The van der Waals surface area contributed by atoms with Crippen molar-refractivity contribution in [3.63, 3.8) is 0 Å². The lowest BCUT2D eigenvalue weighted by atomic mass is 10.1. The lowest BCUT2D eigenvalue weighted by molar-refractivity contribution is 0.207. The topological polar surface area (TPSA) is 29.5 Å². The smallest absolute Gasteiger partial charge is 0.270 e. The molecule has 0 unspecified atom stereocenters. The van der Waals surface area contributed by atoms with Gasteiger partial charge in [-0.15, -0.1) is 0 Å². The summed E-state index contributed by atoms with van der Waals surface area (Å²) >= 11 is 0. The first-order valence-electron chi connectivity index (χ1n) is 5.24. The maximum atomic E-state index is 9.92. The molecule has 0 saturated heterocycles. The van der Waals surface area contributed by atoms with Gasteiger partial charge in [-0.3, -0.25) is 0 Å². The Morgan fingerprint density at radius 2 is 1.81 bits per heavy atom. The van der Waals surface area contributed by atoms with Crippen molar-refractivity contribution in [1.82, 2.24) is 0 Å². The molecule has 1 aromatic rings. The zero-order valence-electron chi connectivity index (χ0n) is 10.0. The summed E-state index contributed by atoms with van der Waals surface area (Å²) in [6.07, 6.45) is 1.62. The summed E-state index contributed by atoms with van der Waals surface area (Å²) in [7, 11) is -1.79. The second kappa shape index (κ2) is 5.03. The van der Waals surface area contributed by atoms with Crippen LogP contribution in [-0.4, -0.2) is 13.4 Å². The van der Waals surface area contributed by atoms with E-state index in [4.69, 9.17) is 4.43 Å². The van der Waals surface area contributed by atoms with Crippen LogP contribution >= 0.6 is 0 Å². The minimum absolute atomic E-state index is 0.0274. The average Bonchev–Trinajstić information content (AvgIpc) is 2.17. The van der Waals surface area contributed by atoms with E-state index in [9.17, 15) is 5.11 Å². The van der Waals surface area contributed by atoms with Gasteiger partial charge in [0.05, 0.1) is 5.57 Å². The van der Waals surface area contributed by atoms with Gasteiger partial charge in [0.25, 0.3) is 5.95 Å². The van der Waals surface area contributed by atoms with Gasteiger partial charge in [-0.1, -0.05) is 43.0 Å². The zero-order chi connectivity index (χ0) is 12.2. The summed E-state index contributed by atoms with van der Waals surface area (Å²) in [5.74, 6) is -0.0274. The highest BCUT2D eigenvalue weighted by Crippen LogP contribution is 2.21. The van der Waals surface area contributed by atoms with Crippen LogP contribution in [0.4, 0.5) is 0 Å². The average molecular weight is 234 g/mol. The predicted octanol–water partition coefficient (Wildman–Crippen LogP) is 3.95. The quantitative estimate of drug-likeness (QED) is 0.485. The van der Waals surface area contributed by atoms with Crippen LogP contribution in [0.1, 0.15) is 5.56 Å². The van der Waals surface area contributed by atoms with Crippen LogP contribution < -0.4 is 0 Å². The van der Waals surface area contributed by atoms with E-state index in [2.05, 4.69) is 6.58 Å². The fourth-order valence-electron chi connectivity index (χ4n) is 1.29. The molecule has 2 nitrogen and oxygen atoms in total. The Morgan fingerprint density at radius 3 is 2.25 bits per heavy atom. The number of aliphatic hydroxyl groups excluding tert-OH is 1. The molecule has 1 rings (SSSR count). The maximum absolute atomic E-state index is 9.92. The van der Waals surface area contributed by atoms with Gasteiger partial charge in [0.15, 0.2) is 0 Å². The van der Waals surface area contributed by atoms with Crippen molar-refractivity contribution in [3.8, 4) is 0 Å². The Labute approximate surface area is 98.0 Å². The van der Waals surface area contributed by atoms with E-state index in [1.165, 1.54) is 0 Å². The molecule has 0 radical (unpaired) electrons. The molecule has 1 N–H and O–H groups in total. The molecule has 16 heavy (non-hydrogen) atoms. The monoisotopic (exact) mass is 234 g/mol. The first kappa shape index (κ1) is 12.6. The number of rotatable bonds is 4. The Balaban J connectivity index is 3.06. The van der Waals surface area contributed by atoms with Gasteiger partial charge in [0.1, 0.15) is 0 Å². The molecule has 0 fully saturated rings. The first-order chi connectivity index (χ1) is 7.44. The summed E-state index contributed by atoms with van der Waals surface area (Å²) < 4.78 is 5.55. The molecule has 0 heterocycles. The summed E-state index contributed by atoms with van der Waals surface area (Å²) in [6.45, 7) is 9.77. The minimum atomic E-state index is -1.79. The standard InChI is InChI=1S/C13H18O2Si/c1-5-12(11-9-7-6-8-10-11)13(14)15-16(2,3)4/h5-10,14H,1H2,2-4H3. The molecule has 0 amide bonds. The molecule has 0 aliphatic carbocycles. The van der Waals surface area contributed by atoms with Gasteiger partial charge in [-0.2, -0.15) is 0 Å². The third-order valence-electron chi connectivity index (χ3n) is 1.92. The molecule has 0 aliphatic heterocycles. The van der Waals surface area contributed by atoms with E-state index in [1.807, 2.05) is 50.0 Å². The Bertz CT molecular complexity index is 388. The molecule has 0 atom stereocenters. The van der Waals surface area contributed by atoms with Gasteiger partial charge >= 0.3 is 0 Å². The molecule has 1 aromatic carbocycles. The van der Waals surface area contributed by atoms with E-state index >= 15 is 0 Å². The van der Waals surface area contributed by atoms with E-state index in [0.29, 0.717) is 5.57 Å². The summed E-state index contributed by atoms with van der Waals surface area (Å²) in [6, 6.07) is 9.60. The number of hydrogen-bond donors (Lipinski definition) is 1.